The summed E-state index contributed by atoms with van der Waals surface area (Å²) in [4.78, 5) is 28.1. The zero-order chi connectivity index (χ0) is 19.4. The third-order valence-corrected chi connectivity index (χ3v) is 6.91. The summed E-state index contributed by atoms with van der Waals surface area (Å²) in [5.74, 6) is 1.05. The second kappa shape index (κ2) is 9.33. The molecule has 0 radical (unpaired) electrons. The Kier molecular flexibility index (Phi) is 7.10. The van der Waals surface area contributed by atoms with Crippen molar-refractivity contribution in [3.8, 4) is 0 Å². The molecule has 1 saturated carbocycles. The van der Waals surface area contributed by atoms with Crippen LogP contribution in [0.15, 0.2) is 24.3 Å². The Hall–Kier alpha value is -1.20. The fourth-order valence-corrected chi connectivity index (χ4v) is 5.68. The lowest BCUT2D eigenvalue weighted by molar-refractivity contribution is -0.125. The van der Waals surface area contributed by atoms with Crippen LogP contribution >= 0.6 is 23.4 Å². The summed E-state index contributed by atoms with van der Waals surface area (Å²) in [5.41, 5.74) is 0.589. The molecule has 1 saturated heterocycles. The van der Waals surface area contributed by atoms with E-state index < -0.39 is 6.04 Å². The maximum Gasteiger partial charge on any atom is 0.255 e. The molecule has 6 heteroatoms. The van der Waals surface area contributed by atoms with E-state index in [1.807, 2.05) is 4.90 Å². The van der Waals surface area contributed by atoms with E-state index in [0.717, 1.165) is 19.3 Å². The molecular formula is C21H29ClN2O2S. The second-order valence-electron chi connectivity index (χ2n) is 8.00. The van der Waals surface area contributed by atoms with E-state index in [9.17, 15) is 9.59 Å². The first-order valence-corrected chi connectivity index (χ1v) is 11.4. The average Bonchev–Trinajstić information content (AvgIpc) is 3.05. The molecule has 1 N–H and O–H groups in total. The van der Waals surface area contributed by atoms with Crippen LogP contribution in [0.4, 0.5) is 0 Å². The highest BCUT2D eigenvalue weighted by molar-refractivity contribution is 8.00. The van der Waals surface area contributed by atoms with Crippen LogP contribution in [0, 0.1) is 5.92 Å². The standard InChI is InChI=1S/C21H29ClN2O2S/c1-14(2)12-19-24(21(26)15-8-10-16(22)11-9-15)18(13-27-19)20(25)23-17-6-4-3-5-7-17/h8-11,14,17-19H,3-7,12-13H2,1-2H3,(H,23,25). The molecule has 2 unspecified atom stereocenters. The van der Waals surface area contributed by atoms with Crippen LogP contribution in [-0.2, 0) is 4.79 Å². The number of carbonyl (C=O) groups excluding carboxylic acids is 2. The van der Waals surface area contributed by atoms with E-state index in [4.69, 9.17) is 11.6 Å². The van der Waals surface area contributed by atoms with Crippen molar-refractivity contribution < 1.29 is 9.59 Å². The van der Waals surface area contributed by atoms with Gasteiger partial charge >= 0.3 is 0 Å². The van der Waals surface area contributed by atoms with Crippen LogP contribution < -0.4 is 5.32 Å². The fraction of sp³-hybridized carbons (Fsp3) is 0.619. The number of rotatable bonds is 5. The first-order chi connectivity index (χ1) is 13.0. The van der Waals surface area contributed by atoms with E-state index in [-0.39, 0.29) is 23.2 Å². The number of carbonyl (C=O) groups is 2. The van der Waals surface area contributed by atoms with Crippen LogP contribution in [0.2, 0.25) is 5.02 Å². The first kappa shape index (κ1) is 20.5. The Labute approximate surface area is 171 Å². The van der Waals surface area contributed by atoms with Gasteiger partial charge in [-0.1, -0.05) is 44.7 Å². The third kappa shape index (κ3) is 5.20. The van der Waals surface area contributed by atoms with Crippen molar-refractivity contribution in [3.63, 3.8) is 0 Å². The predicted molar refractivity (Wildman–Crippen MR) is 112 cm³/mol. The van der Waals surface area contributed by atoms with Gasteiger partial charge in [0.2, 0.25) is 5.91 Å². The molecule has 27 heavy (non-hydrogen) atoms. The second-order valence-corrected chi connectivity index (χ2v) is 9.64. The Morgan fingerprint density at radius 3 is 2.48 bits per heavy atom. The molecule has 0 spiro atoms. The topological polar surface area (TPSA) is 49.4 Å². The minimum absolute atomic E-state index is 0.00275. The van der Waals surface area contributed by atoms with E-state index in [2.05, 4.69) is 19.2 Å². The van der Waals surface area contributed by atoms with Crippen LogP contribution in [0.25, 0.3) is 0 Å². The zero-order valence-corrected chi connectivity index (χ0v) is 17.7. The van der Waals surface area contributed by atoms with E-state index in [0.29, 0.717) is 22.3 Å². The van der Waals surface area contributed by atoms with Gasteiger partial charge in [0.15, 0.2) is 0 Å². The van der Waals surface area contributed by atoms with Crippen molar-refractivity contribution in [2.24, 2.45) is 5.92 Å². The van der Waals surface area contributed by atoms with Gasteiger partial charge in [0.05, 0.1) is 5.37 Å². The lowest BCUT2D eigenvalue weighted by Gasteiger charge is -2.31. The van der Waals surface area contributed by atoms with E-state index in [1.165, 1.54) is 19.3 Å². The lowest BCUT2D eigenvalue weighted by Crippen LogP contribution is -2.52. The molecule has 2 amide bonds. The lowest BCUT2D eigenvalue weighted by atomic mass is 9.95. The number of hydrogen-bond donors (Lipinski definition) is 1. The van der Waals surface area contributed by atoms with Gasteiger partial charge < -0.3 is 10.2 Å². The number of halogens is 1. The Bertz CT molecular complexity index is 659. The van der Waals surface area contributed by atoms with Gasteiger partial charge in [-0.2, -0.15) is 0 Å². The SMILES string of the molecule is CC(C)CC1SCC(C(=O)NC2CCCCC2)N1C(=O)c1ccc(Cl)cc1. The number of nitrogens with zero attached hydrogens (tertiary/aromatic N) is 1. The van der Waals surface area contributed by atoms with Crippen molar-refractivity contribution in [2.75, 3.05) is 5.75 Å². The summed E-state index contributed by atoms with van der Waals surface area (Å²) in [5, 5.41) is 3.85. The smallest absolute Gasteiger partial charge is 0.255 e. The summed E-state index contributed by atoms with van der Waals surface area (Å²) < 4.78 is 0. The summed E-state index contributed by atoms with van der Waals surface area (Å²) in [6, 6.07) is 6.81. The number of hydrogen-bond acceptors (Lipinski definition) is 3. The minimum Gasteiger partial charge on any atom is -0.352 e. The highest BCUT2D eigenvalue weighted by Gasteiger charge is 2.42. The van der Waals surface area contributed by atoms with Crippen molar-refractivity contribution >= 4 is 35.2 Å². The number of thioether (sulfide) groups is 1. The fourth-order valence-electron chi connectivity index (χ4n) is 3.91. The average molecular weight is 409 g/mol. The summed E-state index contributed by atoms with van der Waals surface area (Å²) in [7, 11) is 0. The molecule has 4 nitrogen and oxygen atoms in total. The van der Waals surface area contributed by atoms with Gasteiger partial charge in [-0.05, 0) is 49.4 Å². The van der Waals surface area contributed by atoms with Crippen LogP contribution in [0.1, 0.15) is 62.7 Å². The molecule has 1 heterocycles. The van der Waals surface area contributed by atoms with Crippen LogP contribution in [0.3, 0.4) is 0 Å². The normalized spacial score (nSPS) is 23.6. The van der Waals surface area contributed by atoms with Crippen LogP contribution in [0.5, 0.6) is 0 Å². The maximum atomic E-state index is 13.2. The quantitative estimate of drug-likeness (QED) is 0.766. The number of benzene rings is 1. The molecule has 2 atom stereocenters. The molecule has 0 aromatic heterocycles. The molecule has 1 aliphatic heterocycles. The Balaban J connectivity index is 1.77. The third-order valence-electron chi connectivity index (χ3n) is 5.35. The van der Waals surface area contributed by atoms with Crippen molar-refractivity contribution in [1.82, 2.24) is 10.2 Å². The predicted octanol–water partition coefficient (Wildman–Crippen LogP) is 4.72. The van der Waals surface area contributed by atoms with Gasteiger partial charge in [-0.3, -0.25) is 9.59 Å². The summed E-state index contributed by atoms with van der Waals surface area (Å²) in [6.45, 7) is 4.31. The van der Waals surface area contributed by atoms with Crippen LogP contribution in [-0.4, -0.2) is 39.9 Å². The molecule has 1 aromatic carbocycles. The summed E-state index contributed by atoms with van der Waals surface area (Å²) >= 11 is 7.69. The van der Waals surface area contributed by atoms with Gasteiger partial charge in [0, 0.05) is 22.4 Å². The molecule has 2 aliphatic rings. The molecule has 1 aliphatic carbocycles. The number of nitrogens with one attached hydrogen (secondary N) is 1. The van der Waals surface area contributed by atoms with Crippen molar-refractivity contribution in [2.45, 2.75) is 69.8 Å². The molecule has 2 fully saturated rings. The molecule has 3 rings (SSSR count). The highest BCUT2D eigenvalue weighted by Crippen LogP contribution is 2.35. The highest BCUT2D eigenvalue weighted by atomic mass is 35.5. The number of amides is 2. The van der Waals surface area contributed by atoms with Gasteiger partial charge in [0.25, 0.3) is 5.91 Å². The molecule has 1 aromatic rings. The molecule has 0 bridgehead atoms. The van der Waals surface area contributed by atoms with Crippen molar-refractivity contribution in [1.29, 1.82) is 0 Å². The minimum atomic E-state index is -0.399. The zero-order valence-electron chi connectivity index (χ0n) is 16.1. The van der Waals surface area contributed by atoms with E-state index in [1.54, 1.807) is 36.0 Å². The maximum absolute atomic E-state index is 13.2. The van der Waals surface area contributed by atoms with Gasteiger partial charge in [0.1, 0.15) is 6.04 Å². The largest absolute Gasteiger partial charge is 0.352 e. The Morgan fingerprint density at radius 1 is 1.19 bits per heavy atom. The van der Waals surface area contributed by atoms with Gasteiger partial charge in [-0.15, -0.1) is 11.8 Å². The van der Waals surface area contributed by atoms with E-state index >= 15 is 0 Å². The Morgan fingerprint density at radius 2 is 1.85 bits per heavy atom. The first-order valence-electron chi connectivity index (χ1n) is 9.96. The summed E-state index contributed by atoms with van der Waals surface area (Å²) in [6.07, 6.45) is 6.58. The monoisotopic (exact) mass is 408 g/mol. The van der Waals surface area contributed by atoms with Crippen molar-refractivity contribution in [3.05, 3.63) is 34.9 Å². The molecule has 148 valence electrons. The van der Waals surface area contributed by atoms with Gasteiger partial charge in [-0.25, -0.2) is 0 Å². The molecular weight excluding hydrogens is 380 g/mol.